The summed E-state index contributed by atoms with van der Waals surface area (Å²) in [6.07, 6.45) is 2.30. The highest BCUT2D eigenvalue weighted by Crippen LogP contribution is 2.19. The van der Waals surface area contributed by atoms with Gasteiger partial charge in [0.05, 0.1) is 19.4 Å². The summed E-state index contributed by atoms with van der Waals surface area (Å²) >= 11 is 0. The number of nitrogens with two attached hydrogens (primary N) is 1. The van der Waals surface area contributed by atoms with Crippen molar-refractivity contribution in [1.29, 1.82) is 0 Å². The van der Waals surface area contributed by atoms with Gasteiger partial charge in [0.15, 0.2) is 0 Å². The van der Waals surface area contributed by atoms with Gasteiger partial charge in [-0.1, -0.05) is 17.7 Å². The molecule has 2 rings (SSSR count). The molecular weight excluding hydrogens is 318 g/mol. The minimum absolute atomic E-state index is 0.571. The van der Waals surface area contributed by atoms with E-state index in [1.165, 1.54) is 11.8 Å². The Kier molecular flexibility index (Phi) is 6.83. The Hall–Kier alpha value is -3.02. The molecule has 3 N–H and O–H groups in total. The molecule has 0 fully saturated rings. The van der Waals surface area contributed by atoms with Crippen LogP contribution in [0.4, 0.5) is 4.79 Å². The lowest BCUT2D eigenvalue weighted by Crippen LogP contribution is -2.24. The van der Waals surface area contributed by atoms with E-state index in [1.807, 2.05) is 43.3 Å². The topological polar surface area (TPSA) is 85.9 Å². The standard InChI is InChI=1S/C19H23N3O3/c1-14-4-9-18(15(2)12-14)25-11-3-10-24-17-7-5-16(6-8-17)13-21-22-19(20)23/h4-9,12-13H,3,10-11H2,1-2H3,(H3,20,22,23). The molecule has 0 spiro atoms. The molecule has 0 unspecified atom stereocenters. The summed E-state index contributed by atoms with van der Waals surface area (Å²) in [5.41, 5.74) is 10.3. The van der Waals surface area contributed by atoms with Crippen LogP contribution in [0.25, 0.3) is 0 Å². The Labute approximate surface area is 147 Å². The first kappa shape index (κ1) is 18.3. The molecule has 0 atom stereocenters. The first-order valence-corrected chi connectivity index (χ1v) is 8.06. The van der Waals surface area contributed by atoms with E-state index in [4.69, 9.17) is 15.2 Å². The van der Waals surface area contributed by atoms with Gasteiger partial charge >= 0.3 is 6.03 Å². The van der Waals surface area contributed by atoms with Gasteiger partial charge in [-0.05, 0) is 55.3 Å². The van der Waals surface area contributed by atoms with E-state index in [0.717, 1.165) is 29.0 Å². The van der Waals surface area contributed by atoms with Crippen molar-refractivity contribution in [2.45, 2.75) is 20.3 Å². The molecule has 2 aromatic carbocycles. The Bertz CT molecular complexity index is 727. The number of nitrogens with one attached hydrogen (secondary N) is 1. The van der Waals surface area contributed by atoms with Gasteiger partial charge in [0.25, 0.3) is 0 Å². The number of urea groups is 1. The van der Waals surface area contributed by atoms with Crippen LogP contribution in [0.5, 0.6) is 11.5 Å². The van der Waals surface area contributed by atoms with Crippen LogP contribution in [-0.2, 0) is 0 Å². The summed E-state index contributed by atoms with van der Waals surface area (Å²) in [7, 11) is 0. The highest BCUT2D eigenvalue weighted by Gasteiger charge is 2.00. The number of benzene rings is 2. The predicted octanol–water partition coefficient (Wildman–Crippen LogP) is 3.15. The minimum Gasteiger partial charge on any atom is -0.493 e. The molecule has 6 nitrogen and oxygen atoms in total. The van der Waals surface area contributed by atoms with Crippen LogP contribution < -0.4 is 20.6 Å². The van der Waals surface area contributed by atoms with E-state index in [0.29, 0.717) is 13.2 Å². The van der Waals surface area contributed by atoms with Gasteiger partial charge in [0, 0.05) is 6.42 Å². The average molecular weight is 341 g/mol. The first-order valence-electron chi connectivity index (χ1n) is 8.06. The lowest BCUT2D eigenvalue weighted by Gasteiger charge is -2.10. The molecule has 0 heterocycles. The molecule has 2 amide bonds. The van der Waals surface area contributed by atoms with E-state index in [1.54, 1.807) is 0 Å². The Morgan fingerprint density at radius 2 is 1.84 bits per heavy atom. The highest BCUT2D eigenvalue weighted by molar-refractivity contribution is 5.81. The van der Waals surface area contributed by atoms with Crippen molar-refractivity contribution >= 4 is 12.2 Å². The van der Waals surface area contributed by atoms with E-state index in [9.17, 15) is 4.79 Å². The number of amides is 2. The van der Waals surface area contributed by atoms with Crippen molar-refractivity contribution in [3.8, 4) is 11.5 Å². The maximum Gasteiger partial charge on any atom is 0.332 e. The second kappa shape index (κ2) is 9.32. The summed E-state index contributed by atoms with van der Waals surface area (Å²) < 4.78 is 11.4. The Morgan fingerprint density at radius 3 is 2.52 bits per heavy atom. The maximum absolute atomic E-state index is 10.5. The van der Waals surface area contributed by atoms with E-state index in [2.05, 4.69) is 23.5 Å². The third-order valence-electron chi connectivity index (χ3n) is 3.41. The summed E-state index contributed by atoms with van der Waals surface area (Å²) in [4.78, 5) is 10.5. The summed E-state index contributed by atoms with van der Waals surface area (Å²) in [6.45, 7) is 5.29. The summed E-state index contributed by atoms with van der Waals surface area (Å²) in [5, 5.41) is 3.69. The number of hydrazone groups is 1. The zero-order chi connectivity index (χ0) is 18.1. The molecule has 0 aliphatic carbocycles. The number of aryl methyl sites for hydroxylation is 2. The Morgan fingerprint density at radius 1 is 1.12 bits per heavy atom. The van der Waals surface area contributed by atoms with E-state index < -0.39 is 6.03 Å². The molecule has 0 saturated heterocycles. The molecule has 0 aromatic heterocycles. The van der Waals surface area contributed by atoms with Crippen molar-refractivity contribution in [2.24, 2.45) is 10.8 Å². The Balaban J connectivity index is 1.69. The molecule has 0 aliphatic heterocycles. The molecule has 6 heteroatoms. The van der Waals surface area contributed by atoms with Crippen LogP contribution in [0.3, 0.4) is 0 Å². The van der Waals surface area contributed by atoms with Crippen molar-refractivity contribution in [3.05, 3.63) is 59.2 Å². The van der Waals surface area contributed by atoms with Crippen LogP contribution in [0.15, 0.2) is 47.6 Å². The number of primary amides is 1. The summed E-state index contributed by atoms with van der Waals surface area (Å²) in [6, 6.07) is 12.8. The van der Waals surface area contributed by atoms with Gasteiger partial charge in [0.1, 0.15) is 11.5 Å². The molecular formula is C19H23N3O3. The number of hydrogen-bond acceptors (Lipinski definition) is 4. The number of carbonyl (C=O) groups is 1. The lowest BCUT2D eigenvalue weighted by molar-refractivity contribution is 0.246. The molecule has 2 aromatic rings. The zero-order valence-electron chi connectivity index (χ0n) is 14.5. The fourth-order valence-corrected chi connectivity index (χ4v) is 2.21. The number of hydrogen-bond donors (Lipinski definition) is 2. The fourth-order valence-electron chi connectivity index (χ4n) is 2.21. The molecule has 132 valence electrons. The summed E-state index contributed by atoms with van der Waals surface area (Å²) in [5.74, 6) is 1.69. The fraction of sp³-hybridized carbons (Fsp3) is 0.263. The zero-order valence-corrected chi connectivity index (χ0v) is 14.5. The number of ether oxygens (including phenoxy) is 2. The number of rotatable bonds is 8. The molecule has 0 bridgehead atoms. The van der Waals surface area contributed by atoms with Crippen molar-refractivity contribution < 1.29 is 14.3 Å². The van der Waals surface area contributed by atoms with Crippen molar-refractivity contribution in [3.63, 3.8) is 0 Å². The van der Waals surface area contributed by atoms with E-state index >= 15 is 0 Å². The molecule has 0 aliphatic rings. The van der Waals surface area contributed by atoms with Gasteiger partial charge in [-0.2, -0.15) is 5.10 Å². The first-order chi connectivity index (χ1) is 12.0. The number of carbonyl (C=O) groups excluding carboxylic acids is 1. The minimum atomic E-state index is -0.695. The highest BCUT2D eigenvalue weighted by atomic mass is 16.5. The van der Waals surface area contributed by atoms with E-state index in [-0.39, 0.29) is 0 Å². The van der Waals surface area contributed by atoms with Crippen LogP contribution in [-0.4, -0.2) is 25.5 Å². The third kappa shape index (κ3) is 6.55. The van der Waals surface area contributed by atoms with Crippen LogP contribution in [0, 0.1) is 13.8 Å². The normalized spacial score (nSPS) is 10.6. The van der Waals surface area contributed by atoms with Gasteiger partial charge < -0.3 is 15.2 Å². The molecule has 0 saturated carbocycles. The third-order valence-corrected chi connectivity index (χ3v) is 3.41. The quantitative estimate of drug-likeness (QED) is 0.439. The number of nitrogens with zero attached hydrogens (tertiary/aromatic N) is 1. The monoisotopic (exact) mass is 341 g/mol. The molecule has 0 radical (unpaired) electrons. The van der Waals surface area contributed by atoms with Crippen LogP contribution >= 0.6 is 0 Å². The van der Waals surface area contributed by atoms with Gasteiger partial charge in [-0.3, -0.25) is 0 Å². The smallest absolute Gasteiger partial charge is 0.332 e. The average Bonchev–Trinajstić information content (AvgIpc) is 2.57. The molecule has 25 heavy (non-hydrogen) atoms. The van der Waals surface area contributed by atoms with Gasteiger partial charge in [-0.25, -0.2) is 10.2 Å². The largest absolute Gasteiger partial charge is 0.493 e. The van der Waals surface area contributed by atoms with Crippen molar-refractivity contribution in [1.82, 2.24) is 5.43 Å². The predicted molar refractivity (Wildman–Crippen MR) is 98.3 cm³/mol. The van der Waals surface area contributed by atoms with Crippen molar-refractivity contribution in [2.75, 3.05) is 13.2 Å². The van der Waals surface area contributed by atoms with Gasteiger partial charge in [0.2, 0.25) is 0 Å². The second-order valence-electron chi connectivity index (χ2n) is 5.62. The van der Waals surface area contributed by atoms with Crippen LogP contribution in [0.2, 0.25) is 0 Å². The SMILES string of the molecule is Cc1ccc(OCCCOc2ccc(C=NNC(N)=O)cc2)c(C)c1. The second-order valence-corrected chi connectivity index (χ2v) is 5.62. The van der Waals surface area contributed by atoms with Gasteiger partial charge in [-0.15, -0.1) is 0 Å². The maximum atomic E-state index is 10.5. The van der Waals surface area contributed by atoms with Crippen LogP contribution in [0.1, 0.15) is 23.1 Å². The lowest BCUT2D eigenvalue weighted by atomic mass is 10.1.